The van der Waals surface area contributed by atoms with Gasteiger partial charge in [0.25, 0.3) is 0 Å². The highest BCUT2D eigenvalue weighted by Gasteiger charge is 2.30. The number of aliphatic hydroxyl groups excluding tert-OH is 1. The van der Waals surface area contributed by atoms with E-state index >= 15 is 0 Å². The van der Waals surface area contributed by atoms with E-state index in [1.165, 1.54) is 25.7 Å². The van der Waals surface area contributed by atoms with Crippen LogP contribution in [0.15, 0.2) is 0 Å². The maximum atomic E-state index is 9.37. The minimum Gasteiger partial charge on any atom is -0.392 e. The Balaban J connectivity index is 1.71. The van der Waals surface area contributed by atoms with Crippen molar-refractivity contribution in [2.75, 3.05) is 13.1 Å². The Morgan fingerprint density at radius 1 is 1.43 bits per heavy atom. The molecule has 1 aliphatic carbocycles. The third kappa shape index (κ3) is 2.47. The van der Waals surface area contributed by atoms with Gasteiger partial charge < -0.3 is 15.7 Å². The molecule has 2 aliphatic rings. The molecule has 2 unspecified atom stereocenters. The molecule has 0 aromatic heterocycles. The van der Waals surface area contributed by atoms with Crippen LogP contribution in [-0.2, 0) is 0 Å². The molecule has 0 aromatic rings. The van der Waals surface area contributed by atoms with E-state index in [2.05, 4.69) is 17.6 Å². The summed E-state index contributed by atoms with van der Waals surface area (Å²) in [6.07, 6.45) is 6.13. The van der Waals surface area contributed by atoms with Crippen molar-refractivity contribution in [2.45, 2.75) is 56.7 Å². The Morgan fingerprint density at radius 2 is 2.14 bits per heavy atom. The van der Waals surface area contributed by atoms with Gasteiger partial charge in [-0.25, -0.2) is 0 Å². The van der Waals surface area contributed by atoms with Gasteiger partial charge >= 0.3 is 0 Å². The van der Waals surface area contributed by atoms with E-state index in [0.29, 0.717) is 11.6 Å². The predicted molar refractivity (Wildman–Crippen MR) is 57.3 cm³/mol. The van der Waals surface area contributed by atoms with Crippen molar-refractivity contribution in [1.29, 1.82) is 0 Å². The number of rotatable bonds is 3. The van der Waals surface area contributed by atoms with Gasteiger partial charge in [-0.2, -0.15) is 0 Å². The van der Waals surface area contributed by atoms with Crippen molar-refractivity contribution < 1.29 is 5.11 Å². The minimum absolute atomic E-state index is 0.127. The lowest BCUT2D eigenvalue weighted by Crippen LogP contribution is -2.45. The van der Waals surface area contributed by atoms with Crippen LogP contribution in [0.25, 0.3) is 0 Å². The molecule has 1 saturated heterocycles. The van der Waals surface area contributed by atoms with Crippen LogP contribution in [0.4, 0.5) is 0 Å². The van der Waals surface area contributed by atoms with E-state index in [9.17, 15) is 5.11 Å². The van der Waals surface area contributed by atoms with Crippen molar-refractivity contribution in [2.24, 2.45) is 0 Å². The highest BCUT2D eigenvalue weighted by molar-refractivity contribution is 4.91. The zero-order valence-electron chi connectivity index (χ0n) is 9.05. The Labute approximate surface area is 86.3 Å². The van der Waals surface area contributed by atoms with Gasteiger partial charge in [-0.1, -0.05) is 12.8 Å². The van der Waals surface area contributed by atoms with E-state index in [1.807, 2.05) is 0 Å². The Bertz CT molecular complexity index is 190. The van der Waals surface area contributed by atoms with E-state index in [1.54, 1.807) is 0 Å². The molecule has 2 fully saturated rings. The lowest BCUT2D eigenvalue weighted by molar-refractivity contribution is 0.192. The second kappa shape index (κ2) is 4.17. The zero-order valence-corrected chi connectivity index (χ0v) is 9.05. The quantitative estimate of drug-likeness (QED) is 0.623. The van der Waals surface area contributed by atoms with Gasteiger partial charge in [0, 0.05) is 24.7 Å². The van der Waals surface area contributed by atoms with Gasteiger partial charge in [0.1, 0.15) is 0 Å². The van der Waals surface area contributed by atoms with Crippen molar-refractivity contribution in [3.8, 4) is 0 Å². The van der Waals surface area contributed by atoms with Gasteiger partial charge in [-0.3, -0.25) is 0 Å². The van der Waals surface area contributed by atoms with Gasteiger partial charge in [0.2, 0.25) is 0 Å². The molecule has 0 radical (unpaired) electrons. The SMILES string of the molecule is CC1(NCC2CC(O)CN2)CCCC1. The summed E-state index contributed by atoms with van der Waals surface area (Å²) in [5.41, 5.74) is 0.370. The Morgan fingerprint density at radius 3 is 2.71 bits per heavy atom. The summed E-state index contributed by atoms with van der Waals surface area (Å²) in [7, 11) is 0. The molecule has 3 nitrogen and oxygen atoms in total. The molecule has 14 heavy (non-hydrogen) atoms. The zero-order chi connectivity index (χ0) is 10.0. The highest BCUT2D eigenvalue weighted by atomic mass is 16.3. The monoisotopic (exact) mass is 198 g/mol. The van der Waals surface area contributed by atoms with E-state index in [4.69, 9.17) is 0 Å². The average molecular weight is 198 g/mol. The molecule has 0 amide bonds. The summed E-state index contributed by atoms with van der Waals surface area (Å²) in [5.74, 6) is 0. The van der Waals surface area contributed by atoms with Crippen LogP contribution in [-0.4, -0.2) is 35.9 Å². The first-order valence-corrected chi connectivity index (χ1v) is 5.84. The number of aliphatic hydroxyl groups is 1. The fraction of sp³-hybridized carbons (Fsp3) is 1.00. The molecule has 2 rings (SSSR count). The van der Waals surface area contributed by atoms with Crippen molar-refractivity contribution in [3.63, 3.8) is 0 Å². The topological polar surface area (TPSA) is 44.3 Å². The summed E-state index contributed by atoms with van der Waals surface area (Å²) >= 11 is 0. The molecule has 3 N–H and O–H groups in total. The first-order chi connectivity index (χ1) is 6.68. The van der Waals surface area contributed by atoms with Gasteiger partial charge in [0.05, 0.1) is 6.10 Å². The molecule has 0 spiro atoms. The number of hydrogen-bond acceptors (Lipinski definition) is 3. The number of nitrogens with one attached hydrogen (secondary N) is 2. The lowest BCUT2D eigenvalue weighted by Gasteiger charge is -2.27. The van der Waals surface area contributed by atoms with Gasteiger partial charge in [-0.15, -0.1) is 0 Å². The van der Waals surface area contributed by atoms with Crippen LogP contribution in [0.3, 0.4) is 0 Å². The van der Waals surface area contributed by atoms with Crippen molar-refractivity contribution in [1.82, 2.24) is 10.6 Å². The predicted octanol–water partition coefficient (Wildman–Crippen LogP) is 0.631. The van der Waals surface area contributed by atoms with Crippen LogP contribution in [0.1, 0.15) is 39.0 Å². The first kappa shape index (κ1) is 10.4. The third-order valence-electron chi connectivity index (χ3n) is 3.68. The lowest BCUT2D eigenvalue weighted by atomic mass is 10.0. The highest BCUT2D eigenvalue weighted by Crippen LogP contribution is 2.28. The third-order valence-corrected chi connectivity index (χ3v) is 3.68. The van der Waals surface area contributed by atoms with Crippen LogP contribution in [0.2, 0.25) is 0 Å². The second-order valence-electron chi connectivity index (χ2n) is 5.14. The number of β-amino-alcohol motifs (C(OH)–C–C–N with tert-alkyl or cyclic N) is 1. The molecular weight excluding hydrogens is 176 g/mol. The standard InChI is InChI=1S/C11H22N2O/c1-11(4-2-3-5-11)13-7-9-6-10(14)8-12-9/h9-10,12-14H,2-8H2,1H3. The summed E-state index contributed by atoms with van der Waals surface area (Å²) in [6.45, 7) is 4.10. The van der Waals surface area contributed by atoms with Gasteiger partial charge in [-0.05, 0) is 26.2 Å². The molecule has 1 saturated carbocycles. The molecule has 0 aromatic carbocycles. The van der Waals surface area contributed by atoms with Crippen molar-refractivity contribution in [3.05, 3.63) is 0 Å². The summed E-state index contributed by atoms with van der Waals surface area (Å²) in [4.78, 5) is 0. The van der Waals surface area contributed by atoms with Gasteiger partial charge in [0.15, 0.2) is 0 Å². The minimum atomic E-state index is -0.127. The summed E-state index contributed by atoms with van der Waals surface area (Å²) in [5, 5.41) is 16.3. The maximum Gasteiger partial charge on any atom is 0.0680 e. The van der Waals surface area contributed by atoms with E-state index < -0.39 is 0 Å². The molecule has 1 heterocycles. The Kier molecular flexibility index (Phi) is 3.10. The van der Waals surface area contributed by atoms with Crippen LogP contribution < -0.4 is 10.6 Å². The first-order valence-electron chi connectivity index (χ1n) is 5.84. The fourth-order valence-electron chi connectivity index (χ4n) is 2.66. The normalized spacial score (nSPS) is 36.4. The molecule has 1 aliphatic heterocycles. The average Bonchev–Trinajstić information content (AvgIpc) is 2.73. The van der Waals surface area contributed by atoms with E-state index in [-0.39, 0.29) is 6.10 Å². The van der Waals surface area contributed by atoms with Crippen LogP contribution in [0, 0.1) is 0 Å². The number of hydrogen-bond donors (Lipinski definition) is 3. The molecule has 0 bridgehead atoms. The molecular formula is C11H22N2O. The van der Waals surface area contributed by atoms with Crippen LogP contribution in [0.5, 0.6) is 0 Å². The largest absolute Gasteiger partial charge is 0.392 e. The Hall–Kier alpha value is -0.120. The maximum absolute atomic E-state index is 9.37. The molecule has 3 heteroatoms. The smallest absolute Gasteiger partial charge is 0.0680 e. The summed E-state index contributed by atoms with van der Waals surface area (Å²) in [6, 6.07) is 0.474. The molecule has 82 valence electrons. The van der Waals surface area contributed by atoms with Crippen LogP contribution >= 0.6 is 0 Å². The fourth-order valence-corrected chi connectivity index (χ4v) is 2.66. The second-order valence-corrected chi connectivity index (χ2v) is 5.14. The summed E-state index contributed by atoms with van der Waals surface area (Å²) < 4.78 is 0. The van der Waals surface area contributed by atoms with Crippen molar-refractivity contribution >= 4 is 0 Å². The molecule has 2 atom stereocenters. The van der Waals surface area contributed by atoms with E-state index in [0.717, 1.165) is 19.5 Å².